The summed E-state index contributed by atoms with van der Waals surface area (Å²) in [5.41, 5.74) is 0.937. The van der Waals surface area contributed by atoms with Crippen LogP contribution in [0.1, 0.15) is 11.1 Å². The summed E-state index contributed by atoms with van der Waals surface area (Å²) >= 11 is 0. The number of benzene rings is 2. The van der Waals surface area contributed by atoms with Crippen LogP contribution in [0.5, 0.6) is 5.75 Å². The van der Waals surface area contributed by atoms with Crippen LogP contribution in [0.3, 0.4) is 0 Å². The number of hydrogen-bond acceptors (Lipinski definition) is 1. The molecule has 0 aliphatic rings. The molecule has 0 saturated heterocycles. The third kappa shape index (κ3) is 2.61. The Labute approximate surface area is 98.7 Å². The Bertz CT molecular complexity index is 486. The number of methoxy groups -OCH3 is 1. The first-order valence-corrected chi connectivity index (χ1v) is 5.26. The van der Waals surface area contributed by atoms with Gasteiger partial charge in [-0.1, -0.05) is 18.2 Å². The van der Waals surface area contributed by atoms with Gasteiger partial charge in [0, 0.05) is 12.0 Å². The first kappa shape index (κ1) is 11.6. The second-order valence-corrected chi connectivity index (χ2v) is 3.73. The molecule has 0 saturated carbocycles. The van der Waals surface area contributed by atoms with Gasteiger partial charge in [-0.3, -0.25) is 0 Å². The molecule has 0 spiro atoms. The van der Waals surface area contributed by atoms with Crippen molar-refractivity contribution in [2.75, 3.05) is 7.11 Å². The molecule has 2 aromatic rings. The fourth-order valence-electron chi connectivity index (χ4n) is 1.65. The third-order valence-electron chi connectivity index (χ3n) is 2.60. The molecule has 0 unspecified atom stereocenters. The van der Waals surface area contributed by atoms with Crippen LogP contribution in [0.4, 0.5) is 8.78 Å². The Balaban J connectivity index is 2.25. The van der Waals surface area contributed by atoms with Gasteiger partial charge in [-0.25, -0.2) is 8.78 Å². The zero-order valence-electron chi connectivity index (χ0n) is 9.41. The quantitative estimate of drug-likeness (QED) is 0.789. The van der Waals surface area contributed by atoms with Crippen molar-refractivity contribution in [3.05, 3.63) is 65.2 Å². The summed E-state index contributed by atoms with van der Waals surface area (Å²) in [4.78, 5) is 0. The van der Waals surface area contributed by atoms with E-state index in [0.717, 1.165) is 11.3 Å². The van der Waals surface area contributed by atoms with E-state index in [2.05, 4.69) is 0 Å². The normalized spacial score (nSPS) is 10.3. The minimum Gasteiger partial charge on any atom is -0.497 e. The number of halogens is 2. The van der Waals surface area contributed by atoms with E-state index in [-0.39, 0.29) is 12.0 Å². The summed E-state index contributed by atoms with van der Waals surface area (Å²) in [6, 6.07) is 11.0. The molecule has 3 heteroatoms. The predicted molar refractivity (Wildman–Crippen MR) is 62.2 cm³/mol. The molecule has 0 radical (unpaired) electrons. The maximum Gasteiger partial charge on any atom is 0.129 e. The van der Waals surface area contributed by atoms with E-state index in [9.17, 15) is 8.78 Å². The fourth-order valence-corrected chi connectivity index (χ4v) is 1.65. The number of ether oxygens (including phenoxy) is 1. The van der Waals surface area contributed by atoms with Gasteiger partial charge < -0.3 is 4.74 Å². The van der Waals surface area contributed by atoms with Gasteiger partial charge >= 0.3 is 0 Å². The first-order chi connectivity index (χ1) is 8.20. The lowest BCUT2D eigenvalue weighted by molar-refractivity contribution is 0.414. The number of rotatable bonds is 3. The summed E-state index contributed by atoms with van der Waals surface area (Å²) in [7, 11) is 1.57. The molecule has 1 nitrogen and oxygen atoms in total. The van der Waals surface area contributed by atoms with Crippen molar-refractivity contribution in [2.45, 2.75) is 6.42 Å². The van der Waals surface area contributed by atoms with E-state index in [1.54, 1.807) is 31.4 Å². The molecule has 2 rings (SSSR count). The van der Waals surface area contributed by atoms with Crippen molar-refractivity contribution >= 4 is 0 Å². The topological polar surface area (TPSA) is 9.23 Å². The van der Waals surface area contributed by atoms with Crippen LogP contribution in [-0.4, -0.2) is 7.11 Å². The summed E-state index contributed by atoms with van der Waals surface area (Å²) < 4.78 is 31.9. The standard InChI is InChI=1S/C14H12F2O/c1-17-11-7-5-10(6-8-11)9-12-13(15)3-2-4-14(12)16/h2-8H,9H2,1H3. The van der Waals surface area contributed by atoms with Crippen molar-refractivity contribution in [3.63, 3.8) is 0 Å². The average molecular weight is 234 g/mol. The fraction of sp³-hybridized carbons (Fsp3) is 0.143. The van der Waals surface area contributed by atoms with Crippen LogP contribution in [0, 0.1) is 11.6 Å². The molecule has 0 amide bonds. The maximum atomic E-state index is 13.4. The van der Waals surface area contributed by atoms with E-state index in [1.165, 1.54) is 18.2 Å². The van der Waals surface area contributed by atoms with Crippen LogP contribution in [0.15, 0.2) is 42.5 Å². The minimum absolute atomic E-state index is 0.0951. The summed E-state index contributed by atoms with van der Waals surface area (Å²) in [5.74, 6) is -0.301. The van der Waals surface area contributed by atoms with Crippen molar-refractivity contribution < 1.29 is 13.5 Å². The molecule has 17 heavy (non-hydrogen) atoms. The van der Waals surface area contributed by atoms with Gasteiger partial charge in [-0.2, -0.15) is 0 Å². The third-order valence-corrected chi connectivity index (χ3v) is 2.60. The summed E-state index contributed by atoms with van der Waals surface area (Å²) in [6.07, 6.45) is 0.239. The monoisotopic (exact) mass is 234 g/mol. The zero-order chi connectivity index (χ0) is 12.3. The van der Waals surface area contributed by atoms with Crippen LogP contribution in [0.25, 0.3) is 0 Å². The van der Waals surface area contributed by atoms with Crippen LogP contribution in [-0.2, 0) is 6.42 Å². The lowest BCUT2D eigenvalue weighted by Crippen LogP contribution is -1.97. The highest BCUT2D eigenvalue weighted by Crippen LogP contribution is 2.18. The highest BCUT2D eigenvalue weighted by Gasteiger charge is 2.08. The second kappa shape index (κ2) is 4.95. The Morgan fingerprint density at radius 3 is 2.06 bits per heavy atom. The van der Waals surface area contributed by atoms with E-state index in [0.29, 0.717) is 0 Å². The smallest absolute Gasteiger partial charge is 0.129 e. The summed E-state index contributed by atoms with van der Waals surface area (Å²) in [5, 5.41) is 0. The van der Waals surface area contributed by atoms with E-state index in [1.807, 2.05) is 0 Å². The summed E-state index contributed by atoms with van der Waals surface area (Å²) in [6.45, 7) is 0. The lowest BCUT2D eigenvalue weighted by Gasteiger charge is -2.06. The zero-order valence-corrected chi connectivity index (χ0v) is 9.41. The van der Waals surface area contributed by atoms with Gasteiger partial charge in [0.25, 0.3) is 0 Å². The molecular formula is C14H12F2O. The molecule has 0 aromatic heterocycles. The van der Waals surface area contributed by atoms with E-state index in [4.69, 9.17) is 4.74 Å². The van der Waals surface area contributed by atoms with Gasteiger partial charge in [0.1, 0.15) is 17.4 Å². The minimum atomic E-state index is -0.513. The van der Waals surface area contributed by atoms with Crippen LogP contribution in [0.2, 0.25) is 0 Å². The molecule has 0 heterocycles. The molecule has 88 valence electrons. The van der Waals surface area contributed by atoms with Crippen molar-refractivity contribution in [2.24, 2.45) is 0 Å². The lowest BCUT2D eigenvalue weighted by atomic mass is 10.0. The van der Waals surface area contributed by atoms with E-state index >= 15 is 0 Å². The van der Waals surface area contributed by atoms with Crippen LogP contribution < -0.4 is 4.74 Å². The van der Waals surface area contributed by atoms with Crippen molar-refractivity contribution in [1.82, 2.24) is 0 Å². The van der Waals surface area contributed by atoms with Gasteiger partial charge in [0.15, 0.2) is 0 Å². The van der Waals surface area contributed by atoms with Crippen molar-refractivity contribution in [1.29, 1.82) is 0 Å². The first-order valence-electron chi connectivity index (χ1n) is 5.26. The Morgan fingerprint density at radius 1 is 0.941 bits per heavy atom. The van der Waals surface area contributed by atoms with Gasteiger partial charge in [-0.15, -0.1) is 0 Å². The van der Waals surface area contributed by atoms with Crippen molar-refractivity contribution in [3.8, 4) is 5.75 Å². The predicted octanol–water partition coefficient (Wildman–Crippen LogP) is 3.56. The highest BCUT2D eigenvalue weighted by molar-refractivity contribution is 5.32. The number of hydrogen-bond donors (Lipinski definition) is 0. The molecule has 0 aliphatic carbocycles. The van der Waals surface area contributed by atoms with Crippen LogP contribution >= 0.6 is 0 Å². The highest BCUT2D eigenvalue weighted by atomic mass is 19.1. The van der Waals surface area contributed by atoms with Gasteiger partial charge in [-0.05, 0) is 29.8 Å². The molecule has 2 aromatic carbocycles. The maximum absolute atomic E-state index is 13.4. The molecule has 0 N–H and O–H groups in total. The van der Waals surface area contributed by atoms with Gasteiger partial charge in [0.2, 0.25) is 0 Å². The SMILES string of the molecule is COc1ccc(Cc2c(F)cccc2F)cc1. The largest absolute Gasteiger partial charge is 0.497 e. The van der Waals surface area contributed by atoms with E-state index < -0.39 is 11.6 Å². The second-order valence-electron chi connectivity index (χ2n) is 3.73. The Morgan fingerprint density at radius 2 is 1.53 bits per heavy atom. The molecule has 0 aliphatic heterocycles. The molecule has 0 fully saturated rings. The molecule has 0 bridgehead atoms. The Kier molecular flexibility index (Phi) is 3.38. The molecular weight excluding hydrogens is 222 g/mol. The van der Waals surface area contributed by atoms with Gasteiger partial charge in [0.05, 0.1) is 7.11 Å². The Hall–Kier alpha value is -1.90. The molecule has 0 atom stereocenters. The average Bonchev–Trinajstić information content (AvgIpc) is 2.35.